The maximum Gasteiger partial charge on any atom is 0.252 e. The highest BCUT2D eigenvalue weighted by Crippen LogP contribution is 2.23. The zero-order valence-electron chi connectivity index (χ0n) is 10.1. The Labute approximate surface area is 109 Å². The molecule has 17 heavy (non-hydrogen) atoms. The van der Waals surface area contributed by atoms with Gasteiger partial charge in [-0.15, -0.1) is 0 Å². The first kappa shape index (κ1) is 14.0. The van der Waals surface area contributed by atoms with Gasteiger partial charge >= 0.3 is 0 Å². The zero-order chi connectivity index (χ0) is 13.2. The highest BCUT2D eigenvalue weighted by atomic mass is 79.9. The fraction of sp³-hybridized carbons (Fsp3) is 0.417. The monoisotopic (exact) mass is 302 g/mol. The molecule has 0 aliphatic heterocycles. The van der Waals surface area contributed by atoms with Crippen molar-refractivity contribution >= 4 is 27.5 Å². The van der Waals surface area contributed by atoms with Crippen molar-refractivity contribution in [3.63, 3.8) is 0 Å². The van der Waals surface area contributed by atoms with E-state index in [4.69, 9.17) is 5.73 Å². The summed E-state index contributed by atoms with van der Waals surface area (Å²) in [6.45, 7) is 5.83. The van der Waals surface area contributed by atoms with Crippen LogP contribution in [0.5, 0.6) is 0 Å². The van der Waals surface area contributed by atoms with Crippen molar-refractivity contribution in [3.8, 4) is 0 Å². The normalized spacial score (nSPS) is 11.4. The van der Waals surface area contributed by atoms with Crippen molar-refractivity contribution < 1.29 is 9.18 Å². The molecule has 0 radical (unpaired) electrons. The van der Waals surface area contributed by atoms with Crippen LogP contribution < -0.4 is 11.1 Å². The quantitative estimate of drug-likeness (QED) is 0.843. The van der Waals surface area contributed by atoms with E-state index in [9.17, 15) is 9.18 Å². The number of rotatable bonds is 3. The Bertz CT molecular complexity index is 446. The summed E-state index contributed by atoms with van der Waals surface area (Å²) < 4.78 is 13.5. The predicted molar refractivity (Wildman–Crippen MR) is 70.3 cm³/mol. The van der Waals surface area contributed by atoms with Crippen molar-refractivity contribution in [1.82, 2.24) is 5.32 Å². The summed E-state index contributed by atoms with van der Waals surface area (Å²) in [5.74, 6) is -0.807. The van der Waals surface area contributed by atoms with Crippen LogP contribution in [0.1, 0.15) is 37.6 Å². The average Bonchev–Trinajstić information content (AvgIpc) is 2.22. The van der Waals surface area contributed by atoms with Gasteiger partial charge in [0.25, 0.3) is 5.91 Å². The number of nitrogens with two attached hydrogens (primary N) is 1. The van der Waals surface area contributed by atoms with Gasteiger partial charge in [-0.2, -0.15) is 0 Å². The van der Waals surface area contributed by atoms with E-state index in [1.54, 1.807) is 0 Å². The average molecular weight is 303 g/mol. The van der Waals surface area contributed by atoms with Gasteiger partial charge in [-0.05, 0) is 48.3 Å². The molecular weight excluding hydrogens is 287 g/mol. The lowest BCUT2D eigenvalue weighted by Crippen LogP contribution is -2.42. The Hall–Kier alpha value is -1.10. The fourth-order valence-electron chi connectivity index (χ4n) is 1.20. The van der Waals surface area contributed by atoms with E-state index in [-0.39, 0.29) is 17.1 Å². The van der Waals surface area contributed by atoms with Crippen LogP contribution in [0.25, 0.3) is 0 Å². The van der Waals surface area contributed by atoms with Gasteiger partial charge in [-0.3, -0.25) is 4.79 Å². The molecule has 0 heterocycles. The van der Waals surface area contributed by atoms with Crippen LogP contribution in [0.15, 0.2) is 16.6 Å². The lowest BCUT2D eigenvalue weighted by molar-refractivity contribution is 0.0910. The smallest absolute Gasteiger partial charge is 0.252 e. The highest BCUT2D eigenvalue weighted by molar-refractivity contribution is 9.10. The molecule has 0 saturated heterocycles. The van der Waals surface area contributed by atoms with E-state index in [0.717, 1.165) is 6.42 Å². The molecule has 1 rings (SSSR count). The Kier molecular flexibility index (Phi) is 4.14. The maximum absolute atomic E-state index is 13.1. The lowest BCUT2D eigenvalue weighted by atomic mass is 10.0. The van der Waals surface area contributed by atoms with Gasteiger partial charge in [0.15, 0.2) is 0 Å². The Morgan fingerprint density at radius 1 is 1.53 bits per heavy atom. The summed E-state index contributed by atoms with van der Waals surface area (Å²) in [5, 5.41) is 2.86. The number of halogens is 2. The summed E-state index contributed by atoms with van der Waals surface area (Å²) in [7, 11) is 0. The minimum atomic E-state index is -0.539. The third-order valence-corrected chi connectivity index (χ3v) is 3.32. The fourth-order valence-corrected chi connectivity index (χ4v) is 1.70. The number of benzene rings is 1. The van der Waals surface area contributed by atoms with Crippen molar-refractivity contribution in [2.75, 3.05) is 5.73 Å². The van der Waals surface area contributed by atoms with Crippen LogP contribution in [0.4, 0.5) is 10.1 Å². The van der Waals surface area contributed by atoms with E-state index in [0.29, 0.717) is 10.0 Å². The van der Waals surface area contributed by atoms with Crippen LogP contribution >= 0.6 is 15.9 Å². The second-order valence-corrected chi connectivity index (χ2v) is 5.40. The first-order chi connectivity index (χ1) is 7.76. The van der Waals surface area contributed by atoms with E-state index in [2.05, 4.69) is 21.2 Å². The van der Waals surface area contributed by atoms with Crippen molar-refractivity contribution in [2.24, 2.45) is 0 Å². The summed E-state index contributed by atoms with van der Waals surface area (Å²) in [5.41, 5.74) is 5.45. The van der Waals surface area contributed by atoms with Crippen LogP contribution in [0.3, 0.4) is 0 Å². The van der Waals surface area contributed by atoms with Gasteiger partial charge in [0.1, 0.15) is 5.82 Å². The molecular formula is C12H16BrFN2O. The van der Waals surface area contributed by atoms with Gasteiger partial charge in [0.2, 0.25) is 0 Å². The number of anilines is 1. The SMILES string of the molecule is CCC(C)(C)NC(=O)c1cc(N)c(F)cc1Br. The molecule has 1 amide bonds. The van der Waals surface area contributed by atoms with E-state index in [1.807, 2.05) is 20.8 Å². The summed E-state index contributed by atoms with van der Waals surface area (Å²) in [6, 6.07) is 2.53. The number of amides is 1. The first-order valence-electron chi connectivity index (χ1n) is 5.34. The molecule has 3 N–H and O–H groups in total. The van der Waals surface area contributed by atoms with Gasteiger partial charge < -0.3 is 11.1 Å². The summed E-state index contributed by atoms with van der Waals surface area (Å²) in [6.07, 6.45) is 0.799. The van der Waals surface area contributed by atoms with Gasteiger partial charge in [-0.1, -0.05) is 6.92 Å². The molecule has 0 saturated carbocycles. The molecule has 0 aliphatic rings. The van der Waals surface area contributed by atoms with Crippen LogP contribution in [-0.4, -0.2) is 11.4 Å². The van der Waals surface area contributed by atoms with E-state index < -0.39 is 5.82 Å². The van der Waals surface area contributed by atoms with Crippen molar-refractivity contribution in [3.05, 3.63) is 28.0 Å². The molecule has 0 aromatic heterocycles. The Morgan fingerprint density at radius 3 is 2.65 bits per heavy atom. The number of nitrogen functional groups attached to an aromatic ring is 1. The summed E-state index contributed by atoms with van der Waals surface area (Å²) >= 11 is 3.15. The molecule has 0 aliphatic carbocycles. The third kappa shape index (κ3) is 3.43. The second-order valence-electron chi connectivity index (χ2n) is 4.55. The number of carbonyl (C=O) groups is 1. The second kappa shape index (κ2) is 5.04. The van der Waals surface area contributed by atoms with Gasteiger partial charge in [0, 0.05) is 10.0 Å². The Balaban J connectivity index is 3.01. The van der Waals surface area contributed by atoms with E-state index in [1.165, 1.54) is 12.1 Å². The summed E-state index contributed by atoms with van der Waals surface area (Å²) in [4.78, 5) is 12.0. The van der Waals surface area contributed by atoms with Crippen LogP contribution in [-0.2, 0) is 0 Å². The minimum absolute atomic E-state index is 0.0346. The molecule has 0 spiro atoms. The standard InChI is InChI=1S/C12H16BrFN2O/c1-4-12(2,3)16-11(17)7-5-10(15)9(14)6-8(7)13/h5-6H,4,15H2,1-3H3,(H,16,17). The molecule has 1 aromatic carbocycles. The Morgan fingerprint density at radius 2 is 2.12 bits per heavy atom. The van der Waals surface area contributed by atoms with Gasteiger partial charge in [0.05, 0.1) is 11.3 Å². The maximum atomic E-state index is 13.1. The van der Waals surface area contributed by atoms with Gasteiger partial charge in [-0.25, -0.2) is 4.39 Å². The molecule has 5 heteroatoms. The predicted octanol–water partition coefficient (Wildman–Crippen LogP) is 3.09. The number of nitrogens with one attached hydrogen (secondary N) is 1. The van der Waals surface area contributed by atoms with Crippen molar-refractivity contribution in [2.45, 2.75) is 32.7 Å². The zero-order valence-corrected chi connectivity index (χ0v) is 11.7. The third-order valence-electron chi connectivity index (χ3n) is 2.67. The largest absolute Gasteiger partial charge is 0.396 e. The lowest BCUT2D eigenvalue weighted by Gasteiger charge is -2.24. The van der Waals surface area contributed by atoms with Crippen LogP contribution in [0.2, 0.25) is 0 Å². The minimum Gasteiger partial charge on any atom is -0.396 e. The topological polar surface area (TPSA) is 55.1 Å². The molecule has 94 valence electrons. The molecule has 3 nitrogen and oxygen atoms in total. The molecule has 0 atom stereocenters. The number of hydrogen-bond acceptors (Lipinski definition) is 2. The molecule has 1 aromatic rings. The number of carbonyl (C=O) groups excluding carboxylic acids is 1. The van der Waals surface area contributed by atoms with Crippen molar-refractivity contribution in [1.29, 1.82) is 0 Å². The highest BCUT2D eigenvalue weighted by Gasteiger charge is 2.21. The number of hydrogen-bond donors (Lipinski definition) is 2. The molecule has 0 unspecified atom stereocenters. The molecule has 0 fully saturated rings. The molecule has 0 bridgehead atoms. The first-order valence-corrected chi connectivity index (χ1v) is 6.13. The van der Waals surface area contributed by atoms with Crippen LogP contribution in [0, 0.1) is 5.82 Å². The van der Waals surface area contributed by atoms with E-state index >= 15 is 0 Å².